The van der Waals surface area contributed by atoms with Gasteiger partial charge in [0.05, 0.1) is 5.56 Å². The first-order valence-electron chi connectivity index (χ1n) is 7.97. The largest absolute Gasteiger partial charge is 0.416 e. The quantitative estimate of drug-likeness (QED) is 0.539. The highest BCUT2D eigenvalue weighted by atomic mass is 32.1. The molecule has 3 aromatic rings. The minimum absolute atomic E-state index is 0.0203. The van der Waals surface area contributed by atoms with Crippen LogP contribution in [0.2, 0.25) is 0 Å². The van der Waals surface area contributed by atoms with Crippen molar-refractivity contribution < 1.29 is 26.7 Å². The molecule has 0 aliphatic heterocycles. The van der Waals surface area contributed by atoms with Crippen LogP contribution in [0.4, 0.5) is 22.0 Å². The summed E-state index contributed by atoms with van der Waals surface area (Å²) in [5, 5.41) is 1.72. The van der Waals surface area contributed by atoms with Gasteiger partial charge in [-0.25, -0.2) is 13.8 Å². The summed E-state index contributed by atoms with van der Waals surface area (Å²) >= 11 is 1.04. The third-order valence-electron chi connectivity index (χ3n) is 3.91. The molecular formula is C19H13F5N2OS. The molecule has 0 N–H and O–H groups in total. The molecule has 1 amide bonds. The van der Waals surface area contributed by atoms with E-state index in [1.807, 2.05) is 0 Å². The summed E-state index contributed by atoms with van der Waals surface area (Å²) in [4.78, 5) is 17.9. The zero-order chi connectivity index (χ0) is 20.5. The van der Waals surface area contributed by atoms with Crippen molar-refractivity contribution in [1.29, 1.82) is 0 Å². The zero-order valence-electron chi connectivity index (χ0n) is 14.4. The molecule has 0 unspecified atom stereocenters. The average Bonchev–Trinajstić information content (AvgIpc) is 3.13. The number of aromatic nitrogens is 1. The smallest absolute Gasteiger partial charge is 0.336 e. The number of rotatable bonds is 4. The van der Waals surface area contributed by atoms with Crippen molar-refractivity contribution in [3.8, 4) is 10.6 Å². The normalized spacial score (nSPS) is 11.5. The number of nitrogens with zero attached hydrogens (tertiary/aromatic N) is 2. The lowest BCUT2D eigenvalue weighted by Gasteiger charge is -2.16. The molecule has 0 atom stereocenters. The summed E-state index contributed by atoms with van der Waals surface area (Å²) in [6.07, 6.45) is -4.48. The first kappa shape index (κ1) is 19.9. The van der Waals surface area contributed by atoms with E-state index in [1.165, 1.54) is 35.5 Å². The van der Waals surface area contributed by atoms with Crippen LogP contribution in [-0.4, -0.2) is 22.8 Å². The third kappa shape index (κ3) is 4.36. The lowest BCUT2D eigenvalue weighted by atomic mass is 10.1. The van der Waals surface area contributed by atoms with Crippen LogP contribution in [0.3, 0.4) is 0 Å². The first-order chi connectivity index (χ1) is 13.1. The Balaban J connectivity index is 1.77. The van der Waals surface area contributed by atoms with E-state index in [2.05, 4.69) is 4.98 Å². The van der Waals surface area contributed by atoms with Gasteiger partial charge in [-0.2, -0.15) is 13.2 Å². The molecule has 9 heteroatoms. The second-order valence-electron chi connectivity index (χ2n) is 6.03. The summed E-state index contributed by atoms with van der Waals surface area (Å²) in [5.41, 5.74) is -0.101. The maximum atomic E-state index is 13.3. The van der Waals surface area contributed by atoms with Gasteiger partial charge < -0.3 is 4.90 Å². The van der Waals surface area contributed by atoms with E-state index in [0.717, 1.165) is 35.6 Å². The predicted molar refractivity (Wildman–Crippen MR) is 94.7 cm³/mol. The molecule has 0 aliphatic rings. The van der Waals surface area contributed by atoms with Gasteiger partial charge in [-0.05, 0) is 29.8 Å². The molecule has 0 fully saturated rings. The molecule has 3 nitrogen and oxygen atoms in total. The van der Waals surface area contributed by atoms with E-state index in [0.29, 0.717) is 5.56 Å². The van der Waals surface area contributed by atoms with Gasteiger partial charge in [0, 0.05) is 24.5 Å². The molecule has 0 saturated heterocycles. The molecule has 2 aromatic carbocycles. The van der Waals surface area contributed by atoms with Crippen LogP contribution >= 0.6 is 11.3 Å². The van der Waals surface area contributed by atoms with E-state index in [-0.39, 0.29) is 22.8 Å². The molecule has 0 bridgehead atoms. The Morgan fingerprint density at radius 2 is 1.86 bits per heavy atom. The summed E-state index contributed by atoms with van der Waals surface area (Å²) in [7, 11) is 1.47. The fraction of sp³-hybridized carbons (Fsp3) is 0.158. The van der Waals surface area contributed by atoms with Crippen LogP contribution in [0, 0.1) is 11.6 Å². The topological polar surface area (TPSA) is 33.2 Å². The Labute approximate surface area is 161 Å². The van der Waals surface area contributed by atoms with Gasteiger partial charge in [0.2, 0.25) is 0 Å². The van der Waals surface area contributed by atoms with E-state index < -0.39 is 29.3 Å². The van der Waals surface area contributed by atoms with E-state index in [4.69, 9.17) is 0 Å². The van der Waals surface area contributed by atoms with Gasteiger partial charge in [0.1, 0.15) is 10.7 Å². The molecule has 0 saturated carbocycles. The molecule has 3 rings (SSSR count). The molecule has 0 radical (unpaired) electrons. The van der Waals surface area contributed by atoms with E-state index in [9.17, 15) is 26.7 Å². The number of amides is 1. The number of carbonyl (C=O) groups excluding carboxylic acids is 1. The molecular weight excluding hydrogens is 399 g/mol. The zero-order valence-corrected chi connectivity index (χ0v) is 15.2. The van der Waals surface area contributed by atoms with Gasteiger partial charge >= 0.3 is 6.18 Å². The van der Waals surface area contributed by atoms with Crippen molar-refractivity contribution in [1.82, 2.24) is 9.88 Å². The van der Waals surface area contributed by atoms with Gasteiger partial charge in [0.15, 0.2) is 11.6 Å². The Morgan fingerprint density at radius 3 is 2.54 bits per heavy atom. The Kier molecular flexibility index (Phi) is 5.46. The summed E-state index contributed by atoms with van der Waals surface area (Å²) in [6, 6.07) is 8.00. The lowest BCUT2D eigenvalue weighted by molar-refractivity contribution is -0.137. The molecule has 0 aliphatic carbocycles. The minimum atomic E-state index is -4.48. The van der Waals surface area contributed by atoms with Crippen molar-refractivity contribution in [2.75, 3.05) is 7.05 Å². The first-order valence-corrected chi connectivity index (χ1v) is 8.85. The fourth-order valence-electron chi connectivity index (χ4n) is 2.51. The Morgan fingerprint density at radius 1 is 1.11 bits per heavy atom. The van der Waals surface area contributed by atoms with Gasteiger partial charge in [0.25, 0.3) is 5.91 Å². The summed E-state index contributed by atoms with van der Waals surface area (Å²) < 4.78 is 64.8. The third-order valence-corrected chi connectivity index (χ3v) is 4.80. The summed E-state index contributed by atoms with van der Waals surface area (Å²) in [6.45, 7) is 0.0203. The monoisotopic (exact) mass is 412 g/mol. The number of alkyl halides is 3. The highest BCUT2D eigenvalue weighted by Gasteiger charge is 2.30. The van der Waals surface area contributed by atoms with Crippen LogP contribution in [-0.2, 0) is 12.7 Å². The maximum absolute atomic E-state index is 13.3. The van der Waals surface area contributed by atoms with Gasteiger partial charge in [-0.1, -0.05) is 18.2 Å². The maximum Gasteiger partial charge on any atom is 0.416 e. The summed E-state index contributed by atoms with van der Waals surface area (Å²) in [5.74, 6) is -2.49. The van der Waals surface area contributed by atoms with Crippen LogP contribution < -0.4 is 0 Å². The van der Waals surface area contributed by atoms with Crippen molar-refractivity contribution in [2.24, 2.45) is 0 Å². The van der Waals surface area contributed by atoms with E-state index in [1.54, 1.807) is 0 Å². The molecule has 28 heavy (non-hydrogen) atoms. The molecule has 1 heterocycles. The number of hydrogen-bond acceptors (Lipinski definition) is 3. The molecule has 0 spiro atoms. The number of benzene rings is 2. The fourth-order valence-corrected chi connectivity index (χ4v) is 3.30. The van der Waals surface area contributed by atoms with Gasteiger partial charge in [-0.3, -0.25) is 4.79 Å². The SMILES string of the molecule is CN(Cc1ccc(F)c(F)c1)C(=O)c1csc(-c2cccc(C(F)(F)F)c2)n1. The van der Waals surface area contributed by atoms with Crippen LogP contribution in [0.1, 0.15) is 21.6 Å². The second-order valence-corrected chi connectivity index (χ2v) is 6.88. The van der Waals surface area contributed by atoms with Crippen LogP contribution in [0.15, 0.2) is 47.8 Å². The van der Waals surface area contributed by atoms with Crippen molar-refractivity contribution in [3.63, 3.8) is 0 Å². The number of hydrogen-bond donors (Lipinski definition) is 0. The van der Waals surface area contributed by atoms with Crippen LogP contribution in [0.25, 0.3) is 10.6 Å². The second kappa shape index (κ2) is 7.67. The number of thiazole rings is 1. The highest BCUT2D eigenvalue weighted by molar-refractivity contribution is 7.13. The van der Waals surface area contributed by atoms with Crippen LogP contribution in [0.5, 0.6) is 0 Å². The highest BCUT2D eigenvalue weighted by Crippen LogP contribution is 2.33. The minimum Gasteiger partial charge on any atom is -0.336 e. The molecule has 1 aromatic heterocycles. The van der Waals surface area contributed by atoms with E-state index >= 15 is 0 Å². The van der Waals surface area contributed by atoms with Crippen molar-refractivity contribution >= 4 is 17.2 Å². The van der Waals surface area contributed by atoms with Crippen molar-refractivity contribution in [3.05, 3.63) is 76.3 Å². The molecule has 146 valence electrons. The van der Waals surface area contributed by atoms with Crippen molar-refractivity contribution in [2.45, 2.75) is 12.7 Å². The lowest BCUT2D eigenvalue weighted by Crippen LogP contribution is -2.26. The van der Waals surface area contributed by atoms with Gasteiger partial charge in [-0.15, -0.1) is 11.3 Å². The number of carbonyl (C=O) groups is 1. The average molecular weight is 412 g/mol. The predicted octanol–water partition coefficient (Wildman–Crippen LogP) is 5.38. The standard InChI is InChI=1S/C19H13F5N2OS/c1-26(9-11-5-6-14(20)15(21)7-11)18(27)16-10-28-17(25-16)12-3-2-4-13(8-12)19(22,23)24/h2-8,10H,9H2,1H3. The Bertz CT molecular complexity index is 1020. The Hall–Kier alpha value is -2.81. The number of halogens is 5.